The van der Waals surface area contributed by atoms with Crippen LogP contribution in [0.15, 0.2) is 42.5 Å². The average Bonchev–Trinajstić information content (AvgIpc) is 2.61. The molecular formula is C21H24N2O4. The monoisotopic (exact) mass is 368 g/mol. The fourth-order valence-corrected chi connectivity index (χ4v) is 2.84. The molecular weight excluding hydrogens is 344 g/mol. The van der Waals surface area contributed by atoms with E-state index in [0.717, 1.165) is 11.1 Å². The Kier molecular flexibility index (Phi) is 6.71. The molecule has 0 spiro atoms. The van der Waals surface area contributed by atoms with E-state index in [4.69, 9.17) is 0 Å². The number of amides is 2. The van der Waals surface area contributed by atoms with Gasteiger partial charge in [-0.3, -0.25) is 9.59 Å². The Morgan fingerprint density at radius 3 is 2.30 bits per heavy atom. The van der Waals surface area contributed by atoms with Gasteiger partial charge in [-0.05, 0) is 43.0 Å². The topological polar surface area (TPSA) is 86.7 Å². The summed E-state index contributed by atoms with van der Waals surface area (Å²) in [7, 11) is 0. The molecule has 2 amide bonds. The number of hydrogen-bond donors (Lipinski definition) is 2. The number of benzene rings is 2. The van der Waals surface area contributed by atoms with Crippen molar-refractivity contribution in [2.75, 3.05) is 18.4 Å². The third-order valence-electron chi connectivity index (χ3n) is 4.37. The second-order valence-electron chi connectivity index (χ2n) is 6.51. The van der Waals surface area contributed by atoms with Gasteiger partial charge in [0.2, 0.25) is 11.8 Å². The number of carbonyl (C=O) groups excluding carboxylic acids is 2. The van der Waals surface area contributed by atoms with Gasteiger partial charge in [0.25, 0.3) is 0 Å². The highest BCUT2D eigenvalue weighted by Crippen LogP contribution is 2.21. The fraction of sp³-hybridized carbons (Fsp3) is 0.286. The number of nitrogens with zero attached hydrogens (tertiary/aromatic N) is 1. The lowest BCUT2D eigenvalue weighted by Crippen LogP contribution is -2.38. The number of hydrogen-bond acceptors (Lipinski definition) is 3. The molecule has 2 aromatic rings. The average molecular weight is 368 g/mol. The molecule has 6 heteroatoms. The molecule has 27 heavy (non-hydrogen) atoms. The van der Waals surface area contributed by atoms with Gasteiger partial charge in [-0.2, -0.15) is 0 Å². The number of carbonyl (C=O) groups is 3. The zero-order valence-corrected chi connectivity index (χ0v) is 15.8. The van der Waals surface area contributed by atoms with Crippen LogP contribution in [0.5, 0.6) is 0 Å². The summed E-state index contributed by atoms with van der Waals surface area (Å²) < 4.78 is 0. The van der Waals surface area contributed by atoms with Crippen LogP contribution in [0.1, 0.15) is 34.0 Å². The number of carboxylic acids is 1. The van der Waals surface area contributed by atoms with Gasteiger partial charge in [0.1, 0.15) is 0 Å². The molecule has 0 aliphatic rings. The van der Waals surface area contributed by atoms with Crippen LogP contribution < -0.4 is 5.32 Å². The van der Waals surface area contributed by atoms with E-state index in [1.807, 2.05) is 30.3 Å². The maximum Gasteiger partial charge on any atom is 0.336 e. The zero-order chi connectivity index (χ0) is 20.0. The van der Waals surface area contributed by atoms with Crippen LogP contribution in [0.3, 0.4) is 0 Å². The summed E-state index contributed by atoms with van der Waals surface area (Å²) in [5.74, 6) is -1.59. The minimum absolute atomic E-state index is 0.0854. The summed E-state index contributed by atoms with van der Waals surface area (Å²) in [6.45, 7) is 5.28. The molecule has 0 aliphatic carbocycles. The van der Waals surface area contributed by atoms with E-state index in [2.05, 4.69) is 5.32 Å². The molecule has 2 rings (SSSR count). The quantitative estimate of drug-likeness (QED) is 0.786. The predicted octanol–water partition coefficient (Wildman–Crippen LogP) is 3.03. The summed E-state index contributed by atoms with van der Waals surface area (Å²) in [5.41, 5.74) is 3.07. The minimum Gasteiger partial charge on any atom is -0.478 e. The summed E-state index contributed by atoms with van der Waals surface area (Å²) in [4.78, 5) is 37.0. The second-order valence-corrected chi connectivity index (χ2v) is 6.51. The standard InChI is InChI=1S/C21H24N2O4/c1-14-11-15(2)19(12-18(14)21(26)27)22-20(25)13-23(16(3)24)10-9-17-7-5-4-6-8-17/h4-8,11-12H,9-10,13H2,1-3H3,(H,22,25)(H,26,27). The van der Waals surface area contributed by atoms with Crippen molar-refractivity contribution in [3.63, 3.8) is 0 Å². The van der Waals surface area contributed by atoms with Crippen molar-refractivity contribution in [1.29, 1.82) is 0 Å². The zero-order valence-electron chi connectivity index (χ0n) is 15.8. The molecule has 0 atom stereocenters. The first-order valence-corrected chi connectivity index (χ1v) is 8.71. The highest BCUT2D eigenvalue weighted by Gasteiger charge is 2.16. The van der Waals surface area contributed by atoms with E-state index in [-0.39, 0.29) is 23.9 Å². The number of aromatic carboxylic acids is 1. The third-order valence-corrected chi connectivity index (χ3v) is 4.37. The van der Waals surface area contributed by atoms with E-state index < -0.39 is 5.97 Å². The van der Waals surface area contributed by atoms with Gasteiger partial charge in [-0.1, -0.05) is 36.4 Å². The number of aryl methyl sites for hydroxylation is 2. The molecule has 0 saturated heterocycles. The first kappa shape index (κ1) is 20.2. The maximum absolute atomic E-state index is 12.4. The number of anilines is 1. The number of rotatable bonds is 7. The van der Waals surface area contributed by atoms with E-state index in [1.54, 1.807) is 19.9 Å². The van der Waals surface area contributed by atoms with Crippen molar-refractivity contribution >= 4 is 23.5 Å². The van der Waals surface area contributed by atoms with Crippen LogP contribution in [0, 0.1) is 13.8 Å². The maximum atomic E-state index is 12.4. The van der Waals surface area contributed by atoms with Crippen molar-refractivity contribution in [2.45, 2.75) is 27.2 Å². The van der Waals surface area contributed by atoms with E-state index in [1.165, 1.54) is 17.9 Å². The Morgan fingerprint density at radius 2 is 1.70 bits per heavy atom. The van der Waals surface area contributed by atoms with Crippen molar-refractivity contribution in [3.8, 4) is 0 Å². The van der Waals surface area contributed by atoms with Gasteiger partial charge in [-0.15, -0.1) is 0 Å². The second kappa shape index (κ2) is 8.98. The normalized spacial score (nSPS) is 10.3. The Morgan fingerprint density at radius 1 is 1.04 bits per heavy atom. The molecule has 6 nitrogen and oxygen atoms in total. The SMILES string of the molecule is CC(=O)N(CCc1ccccc1)CC(=O)Nc1cc(C(=O)O)c(C)cc1C. The van der Waals surface area contributed by atoms with Gasteiger partial charge < -0.3 is 15.3 Å². The molecule has 0 aliphatic heterocycles. The van der Waals surface area contributed by atoms with Crippen LogP contribution in [0.25, 0.3) is 0 Å². The van der Waals surface area contributed by atoms with Gasteiger partial charge in [0.15, 0.2) is 0 Å². The largest absolute Gasteiger partial charge is 0.478 e. The number of nitrogens with one attached hydrogen (secondary N) is 1. The number of carboxylic acid groups (broad SMARTS) is 1. The highest BCUT2D eigenvalue weighted by molar-refractivity contribution is 5.97. The van der Waals surface area contributed by atoms with E-state index in [9.17, 15) is 19.5 Å². The minimum atomic E-state index is -1.05. The Hall–Kier alpha value is -3.15. The van der Waals surface area contributed by atoms with E-state index in [0.29, 0.717) is 24.2 Å². The van der Waals surface area contributed by atoms with Crippen LogP contribution in [0.4, 0.5) is 5.69 Å². The van der Waals surface area contributed by atoms with Gasteiger partial charge >= 0.3 is 5.97 Å². The molecule has 0 unspecified atom stereocenters. The lowest BCUT2D eigenvalue weighted by molar-refractivity contribution is -0.132. The molecule has 0 saturated carbocycles. The molecule has 2 N–H and O–H groups in total. The summed E-state index contributed by atoms with van der Waals surface area (Å²) in [6, 6.07) is 12.9. The Balaban J connectivity index is 2.04. The molecule has 0 aromatic heterocycles. The predicted molar refractivity (Wildman–Crippen MR) is 104 cm³/mol. The van der Waals surface area contributed by atoms with Crippen molar-refractivity contribution in [3.05, 3.63) is 64.7 Å². The van der Waals surface area contributed by atoms with Crippen LogP contribution in [-0.2, 0) is 16.0 Å². The molecule has 2 aromatic carbocycles. The van der Waals surface area contributed by atoms with Crippen LogP contribution in [-0.4, -0.2) is 40.9 Å². The molecule has 0 fully saturated rings. The fourth-order valence-electron chi connectivity index (χ4n) is 2.84. The van der Waals surface area contributed by atoms with Crippen molar-refractivity contribution in [1.82, 2.24) is 4.90 Å². The summed E-state index contributed by atoms with van der Waals surface area (Å²) in [5, 5.41) is 12.0. The third kappa shape index (κ3) is 5.67. The smallest absolute Gasteiger partial charge is 0.336 e. The van der Waals surface area contributed by atoms with Gasteiger partial charge in [-0.25, -0.2) is 4.79 Å². The van der Waals surface area contributed by atoms with Crippen LogP contribution in [0.2, 0.25) is 0 Å². The lowest BCUT2D eigenvalue weighted by Gasteiger charge is -2.21. The lowest BCUT2D eigenvalue weighted by atomic mass is 10.0. The van der Waals surface area contributed by atoms with Gasteiger partial charge in [0, 0.05) is 19.2 Å². The summed E-state index contributed by atoms with van der Waals surface area (Å²) in [6.07, 6.45) is 0.653. The molecule has 0 heterocycles. The Bertz CT molecular complexity index is 847. The molecule has 0 bridgehead atoms. The summed E-state index contributed by atoms with van der Waals surface area (Å²) >= 11 is 0. The van der Waals surface area contributed by atoms with Gasteiger partial charge in [0.05, 0.1) is 12.1 Å². The van der Waals surface area contributed by atoms with Crippen molar-refractivity contribution in [2.24, 2.45) is 0 Å². The Labute approximate surface area is 158 Å². The first-order chi connectivity index (χ1) is 12.8. The highest BCUT2D eigenvalue weighted by atomic mass is 16.4. The van der Waals surface area contributed by atoms with Crippen molar-refractivity contribution < 1.29 is 19.5 Å². The first-order valence-electron chi connectivity index (χ1n) is 8.71. The molecule has 142 valence electrons. The molecule has 0 radical (unpaired) electrons. The van der Waals surface area contributed by atoms with E-state index >= 15 is 0 Å². The van der Waals surface area contributed by atoms with Crippen LogP contribution >= 0.6 is 0 Å².